The minimum absolute atomic E-state index is 0.732. The van der Waals surface area contributed by atoms with E-state index in [2.05, 4.69) is 49.3 Å². The van der Waals surface area contributed by atoms with E-state index in [1.165, 1.54) is 65.1 Å². The highest BCUT2D eigenvalue weighted by molar-refractivity contribution is 4.81. The molecule has 0 radical (unpaired) electrons. The van der Waals surface area contributed by atoms with Gasteiger partial charge in [0.15, 0.2) is 0 Å². The lowest BCUT2D eigenvalue weighted by atomic mass is 9.92. The molecule has 2 rings (SSSR count). The van der Waals surface area contributed by atoms with Crippen molar-refractivity contribution in [2.45, 2.75) is 66.0 Å². The molecule has 2 fully saturated rings. The van der Waals surface area contributed by atoms with Crippen LogP contribution in [-0.2, 0) is 0 Å². The molecular formula is C19H39N3. The minimum Gasteiger partial charge on any atom is -0.301 e. The van der Waals surface area contributed by atoms with E-state index in [1.807, 2.05) is 0 Å². The van der Waals surface area contributed by atoms with Gasteiger partial charge in [0, 0.05) is 38.3 Å². The maximum absolute atomic E-state index is 2.72. The molecule has 0 aromatic carbocycles. The summed E-state index contributed by atoms with van der Waals surface area (Å²) < 4.78 is 0. The topological polar surface area (TPSA) is 9.72 Å². The van der Waals surface area contributed by atoms with E-state index >= 15 is 0 Å². The van der Waals surface area contributed by atoms with Crippen LogP contribution in [0.1, 0.15) is 53.9 Å². The lowest BCUT2D eigenvalue weighted by Crippen LogP contribution is -2.53. The van der Waals surface area contributed by atoms with Gasteiger partial charge < -0.3 is 9.80 Å². The monoisotopic (exact) mass is 309 g/mol. The Bertz CT molecular complexity index is 308. The third kappa shape index (κ3) is 5.50. The largest absolute Gasteiger partial charge is 0.301 e. The number of likely N-dealkylation sites (tertiary alicyclic amines) is 1. The van der Waals surface area contributed by atoms with E-state index < -0.39 is 0 Å². The quantitative estimate of drug-likeness (QED) is 0.746. The molecule has 2 saturated heterocycles. The zero-order valence-corrected chi connectivity index (χ0v) is 15.7. The highest BCUT2D eigenvalue weighted by Crippen LogP contribution is 2.23. The molecule has 0 unspecified atom stereocenters. The third-order valence-electron chi connectivity index (χ3n) is 5.68. The molecule has 2 aliphatic heterocycles. The van der Waals surface area contributed by atoms with E-state index in [9.17, 15) is 0 Å². The Labute approximate surface area is 139 Å². The van der Waals surface area contributed by atoms with Crippen LogP contribution in [0.15, 0.2) is 0 Å². The number of hydrogen-bond acceptors (Lipinski definition) is 3. The van der Waals surface area contributed by atoms with Crippen LogP contribution in [0.25, 0.3) is 0 Å². The first-order valence-corrected chi connectivity index (χ1v) is 9.66. The van der Waals surface area contributed by atoms with Crippen molar-refractivity contribution in [3.63, 3.8) is 0 Å². The Morgan fingerprint density at radius 1 is 0.955 bits per heavy atom. The van der Waals surface area contributed by atoms with Gasteiger partial charge in [0.05, 0.1) is 0 Å². The van der Waals surface area contributed by atoms with Gasteiger partial charge in [0.2, 0.25) is 0 Å². The third-order valence-corrected chi connectivity index (χ3v) is 5.68. The van der Waals surface area contributed by atoms with Gasteiger partial charge in [0.1, 0.15) is 0 Å². The summed E-state index contributed by atoms with van der Waals surface area (Å²) in [6, 6.07) is 1.47. The maximum Gasteiger partial charge on any atom is 0.0195 e. The number of piperazine rings is 1. The Kier molecular flexibility index (Phi) is 7.17. The van der Waals surface area contributed by atoms with Crippen LogP contribution in [0.2, 0.25) is 0 Å². The van der Waals surface area contributed by atoms with E-state index in [0.717, 1.165) is 23.9 Å². The molecule has 0 N–H and O–H groups in total. The molecule has 0 saturated carbocycles. The Morgan fingerprint density at radius 3 is 2.18 bits per heavy atom. The average molecular weight is 310 g/mol. The first-order valence-electron chi connectivity index (χ1n) is 9.66. The fraction of sp³-hybridized carbons (Fsp3) is 1.00. The van der Waals surface area contributed by atoms with Gasteiger partial charge in [-0.3, -0.25) is 4.90 Å². The second kappa shape index (κ2) is 8.65. The molecule has 0 aliphatic carbocycles. The minimum atomic E-state index is 0.732. The zero-order chi connectivity index (χ0) is 16.1. The van der Waals surface area contributed by atoms with Crippen molar-refractivity contribution >= 4 is 0 Å². The Hall–Kier alpha value is -0.120. The lowest BCUT2D eigenvalue weighted by Gasteiger charge is -2.41. The summed E-state index contributed by atoms with van der Waals surface area (Å²) in [6.07, 6.45) is 4.25. The smallest absolute Gasteiger partial charge is 0.0195 e. The maximum atomic E-state index is 2.72. The van der Waals surface area contributed by atoms with Crippen LogP contribution in [-0.4, -0.2) is 72.6 Å². The van der Waals surface area contributed by atoms with Gasteiger partial charge in [-0.2, -0.15) is 0 Å². The number of hydrogen-bond donors (Lipinski definition) is 0. The van der Waals surface area contributed by atoms with Gasteiger partial charge in [-0.05, 0) is 71.5 Å². The van der Waals surface area contributed by atoms with Gasteiger partial charge >= 0.3 is 0 Å². The molecular weight excluding hydrogens is 270 g/mol. The van der Waals surface area contributed by atoms with Crippen LogP contribution in [0.5, 0.6) is 0 Å². The zero-order valence-electron chi connectivity index (χ0n) is 15.7. The number of rotatable bonds is 6. The molecule has 1 atom stereocenters. The van der Waals surface area contributed by atoms with Crippen LogP contribution in [0, 0.1) is 11.8 Å². The summed E-state index contributed by atoms with van der Waals surface area (Å²) in [5, 5.41) is 0. The normalized spacial score (nSPS) is 27.1. The highest BCUT2D eigenvalue weighted by Gasteiger charge is 2.25. The number of piperidine rings is 1. The van der Waals surface area contributed by atoms with E-state index in [0.29, 0.717) is 0 Å². The van der Waals surface area contributed by atoms with Gasteiger partial charge in [-0.25, -0.2) is 0 Å². The van der Waals surface area contributed by atoms with Gasteiger partial charge in [-0.15, -0.1) is 0 Å². The SMILES string of the molecule is CC(C)CN1CCN(CCC2CCN(C(C)C)CC2)C[C@H]1C. The van der Waals surface area contributed by atoms with Crippen molar-refractivity contribution in [1.29, 1.82) is 0 Å². The summed E-state index contributed by atoms with van der Waals surface area (Å²) in [4.78, 5) is 8.04. The molecule has 3 heteroatoms. The fourth-order valence-corrected chi connectivity index (χ4v) is 4.14. The second-order valence-electron chi connectivity index (χ2n) is 8.40. The van der Waals surface area contributed by atoms with E-state index in [1.54, 1.807) is 0 Å². The predicted molar refractivity (Wildman–Crippen MR) is 96.4 cm³/mol. The van der Waals surface area contributed by atoms with Gasteiger partial charge in [0.25, 0.3) is 0 Å². The van der Waals surface area contributed by atoms with Crippen molar-refractivity contribution in [2.24, 2.45) is 11.8 Å². The molecule has 0 aromatic rings. The number of nitrogens with zero attached hydrogens (tertiary/aromatic N) is 3. The van der Waals surface area contributed by atoms with Crippen molar-refractivity contribution in [3.8, 4) is 0 Å². The van der Waals surface area contributed by atoms with Crippen molar-refractivity contribution < 1.29 is 0 Å². The summed E-state index contributed by atoms with van der Waals surface area (Å²) >= 11 is 0. The lowest BCUT2D eigenvalue weighted by molar-refractivity contribution is 0.0663. The predicted octanol–water partition coefficient (Wildman–Crippen LogP) is 3.16. The molecule has 0 spiro atoms. The Morgan fingerprint density at radius 2 is 1.64 bits per heavy atom. The fourth-order valence-electron chi connectivity index (χ4n) is 4.14. The van der Waals surface area contributed by atoms with Crippen molar-refractivity contribution in [1.82, 2.24) is 14.7 Å². The first-order chi connectivity index (χ1) is 10.5. The second-order valence-corrected chi connectivity index (χ2v) is 8.40. The van der Waals surface area contributed by atoms with Crippen LogP contribution in [0.4, 0.5) is 0 Å². The van der Waals surface area contributed by atoms with Crippen LogP contribution >= 0.6 is 0 Å². The molecule has 2 aliphatic rings. The van der Waals surface area contributed by atoms with E-state index in [4.69, 9.17) is 0 Å². The summed E-state index contributed by atoms with van der Waals surface area (Å²) in [6.45, 7) is 20.8. The Balaban J connectivity index is 1.64. The average Bonchev–Trinajstić information content (AvgIpc) is 2.47. The summed E-state index contributed by atoms with van der Waals surface area (Å²) in [5.74, 6) is 1.76. The molecule has 0 amide bonds. The van der Waals surface area contributed by atoms with Crippen molar-refractivity contribution in [3.05, 3.63) is 0 Å². The van der Waals surface area contributed by atoms with E-state index in [-0.39, 0.29) is 0 Å². The first kappa shape index (κ1) is 18.2. The summed E-state index contributed by atoms with van der Waals surface area (Å²) in [7, 11) is 0. The molecule has 130 valence electrons. The molecule has 3 nitrogen and oxygen atoms in total. The summed E-state index contributed by atoms with van der Waals surface area (Å²) in [5.41, 5.74) is 0. The van der Waals surface area contributed by atoms with Crippen molar-refractivity contribution in [2.75, 3.05) is 45.8 Å². The molecule has 0 aromatic heterocycles. The van der Waals surface area contributed by atoms with Crippen LogP contribution in [0.3, 0.4) is 0 Å². The van der Waals surface area contributed by atoms with Crippen LogP contribution < -0.4 is 0 Å². The molecule has 22 heavy (non-hydrogen) atoms. The molecule has 0 bridgehead atoms. The van der Waals surface area contributed by atoms with Gasteiger partial charge in [-0.1, -0.05) is 13.8 Å². The highest BCUT2D eigenvalue weighted by atomic mass is 15.3. The molecule has 2 heterocycles. The standard InChI is InChI=1S/C19H39N3/c1-16(2)14-22-13-12-20(15-18(22)5)9-6-19-7-10-21(11-8-19)17(3)4/h16-19H,6-15H2,1-5H3/t18-/m1/s1.